The molecule has 18 heavy (non-hydrogen) atoms. The molecule has 1 rings (SSSR count). The predicted molar refractivity (Wildman–Crippen MR) is 70.6 cm³/mol. The Morgan fingerprint density at radius 1 is 1.33 bits per heavy atom. The minimum absolute atomic E-state index is 0.185. The maximum atomic E-state index is 12.5. The van der Waals surface area contributed by atoms with E-state index >= 15 is 0 Å². The van der Waals surface area contributed by atoms with Crippen molar-refractivity contribution in [1.29, 1.82) is 0 Å². The fourth-order valence-electron chi connectivity index (χ4n) is 2.06. The van der Waals surface area contributed by atoms with Gasteiger partial charge in [0.1, 0.15) is 6.54 Å². The normalized spacial score (nSPS) is 16.3. The molecule has 0 aliphatic heterocycles. The van der Waals surface area contributed by atoms with Crippen LogP contribution in [0.4, 0.5) is 0 Å². The Bertz CT molecular complexity index is 387. The molecule has 0 saturated carbocycles. The SMILES string of the molecule is CC(C)CC(C(=O)O)[N+](C)([O-])Cc1ccccc1. The van der Waals surface area contributed by atoms with Crippen molar-refractivity contribution in [2.24, 2.45) is 5.92 Å². The highest BCUT2D eigenvalue weighted by Gasteiger charge is 2.32. The number of quaternary nitrogens is 1. The lowest BCUT2D eigenvalue weighted by Gasteiger charge is -2.44. The molecule has 0 radical (unpaired) electrons. The summed E-state index contributed by atoms with van der Waals surface area (Å²) in [6, 6.07) is 8.37. The number of hydrogen-bond donors (Lipinski definition) is 1. The molecular weight excluding hydrogens is 230 g/mol. The average Bonchev–Trinajstić information content (AvgIpc) is 2.26. The first-order valence-corrected chi connectivity index (χ1v) is 6.16. The van der Waals surface area contributed by atoms with Crippen LogP contribution < -0.4 is 0 Å². The van der Waals surface area contributed by atoms with Crippen molar-refractivity contribution < 1.29 is 14.5 Å². The molecule has 1 aromatic carbocycles. The maximum absolute atomic E-state index is 12.5. The van der Waals surface area contributed by atoms with Gasteiger partial charge in [-0.15, -0.1) is 0 Å². The van der Waals surface area contributed by atoms with Crippen LogP contribution in [0, 0.1) is 11.1 Å². The van der Waals surface area contributed by atoms with Gasteiger partial charge in [0, 0.05) is 12.0 Å². The van der Waals surface area contributed by atoms with E-state index in [0.717, 1.165) is 5.56 Å². The van der Waals surface area contributed by atoms with Crippen LogP contribution in [0.3, 0.4) is 0 Å². The summed E-state index contributed by atoms with van der Waals surface area (Å²) in [4.78, 5) is 11.3. The molecule has 0 fully saturated rings. The topological polar surface area (TPSA) is 60.4 Å². The minimum Gasteiger partial charge on any atom is -0.632 e. The van der Waals surface area contributed by atoms with Gasteiger partial charge in [-0.25, -0.2) is 4.79 Å². The summed E-state index contributed by atoms with van der Waals surface area (Å²) >= 11 is 0. The molecule has 2 atom stereocenters. The van der Waals surface area contributed by atoms with E-state index < -0.39 is 16.7 Å². The number of rotatable bonds is 6. The average molecular weight is 251 g/mol. The van der Waals surface area contributed by atoms with E-state index in [1.54, 1.807) is 0 Å². The number of aliphatic carboxylic acids is 1. The molecule has 0 amide bonds. The van der Waals surface area contributed by atoms with E-state index in [0.29, 0.717) is 6.42 Å². The summed E-state index contributed by atoms with van der Waals surface area (Å²) in [5.74, 6) is -0.828. The zero-order valence-electron chi connectivity index (χ0n) is 11.2. The number of hydroxylamine groups is 3. The number of hydrogen-bond acceptors (Lipinski definition) is 2. The van der Waals surface area contributed by atoms with Gasteiger partial charge in [0.05, 0.1) is 7.05 Å². The van der Waals surface area contributed by atoms with Gasteiger partial charge >= 0.3 is 5.97 Å². The fraction of sp³-hybridized carbons (Fsp3) is 0.500. The van der Waals surface area contributed by atoms with Gasteiger partial charge < -0.3 is 15.0 Å². The number of likely N-dealkylation sites (N-methyl/N-ethyl adjacent to an activating group) is 1. The van der Waals surface area contributed by atoms with Crippen molar-refractivity contribution in [2.75, 3.05) is 7.05 Å². The van der Waals surface area contributed by atoms with Gasteiger partial charge in [0.2, 0.25) is 0 Å². The molecule has 0 saturated heterocycles. The molecule has 2 unspecified atom stereocenters. The maximum Gasteiger partial charge on any atom is 0.362 e. The molecule has 1 aromatic rings. The predicted octanol–water partition coefficient (Wildman–Crippen LogP) is 2.63. The molecule has 0 bridgehead atoms. The van der Waals surface area contributed by atoms with Crippen LogP contribution in [0.1, 0.15) is 25.8 Å². The van der Waals surface area contributed by atoms with Crippen LogP contribution in [0.15, 0.2) is 30.3 Å². The van der Waals surface area contributed by atoms with Crippen molar-refractivity contribution >= 4 is 5.97 Å². The van der Waals surface area contributed by atoms with Crippen molar-refractivity contribution in [2.45, 2.75) is 32.9 Å². The van der Waals surface area contributed by atoms with Crippen molar-refractivity contribution in [3.05, 3.63) is 41.1 Å². The number of carboxylic acid groups (broad SMARTS) is 1. The van der Waals surface area contributed by atoms with E-state index in [2.05, 4.69) is 0 Å². The summed E-state index contributed by atoms with van der Waals surface area (Å²) in [6.45, 7) is 4.04. The lowest BCUT2D eigenvalue weighted by Crippen LogP contribution is -2.51. The van der Waals surface area contributed by atoms with E-state index in [1.807, 2.05) is 44.2 Å². The Labute approximate surface area is 108 Å². The number of benzene rings is 1. The summed E-state index contributed by atoms with van der Waals surface area (Å²) in [5.41, 5.74) is 0.866. The second-order valence-electron chi connectivity index (χ2n) is 5.30. The third-order valence-corrected chi connectivity index (χ3v) is 2.98. The standard InChI is InChI=1S/C14H21NO3/c1-11(2)9-13(14(16)17)15(3,18)10-12-7-5-4-6-8-12/h4-8,11,13H,9-10H2,1-3H3,(H,16,17). The van der Waals surface area contributed by atoms with Gasteiger partial charge in [0.15, 0.2) is 6.04 Å². The Morgan fingerprint density at radius 3 is 2.33 bits per heavy atom. The molecule has 0 heterocycles. The molecular formula is C14H21NO3. The molecule has 4 heteroatoms. The highest BCUT2D eigenvalue weighted by Crippen LogP contribution is 2.21. The van der Waals surface area contributed by atoms with Crippen LogP contribution in [0.25, 0.3) is 0 Å². The number of carbonyl (C=O) groups is 1. The van der Waals surface area contributed by atoms with E-state index in [9.17, 15) is 15.1 Å². The van der Waals surface area contributed by atoms with Crippen molar-refractivity contribution in [3.63, 3.8) is 0 Å². The molecule has 0 spiro atoms. The summed E-state index contributed by atoms with van der Waals surface area (Å²) < 4.78 is -0.766. The summed E-state index contributed by atoms with van der Waals surface area (Å²) in [6.07, 6.45) is 0.391. The minimum atomic E-state index is -1.02. The van der Waals surface area contributed by atoms with Crippen LogP contribution in [0.5, 0.6) is 0 Å². The van der Waals surface area contributed by atoms with Crippen LogP contribution >= 0.6 is 0 Å². The van der Waals surface area contributed by atoms with E-state index in [-0.39, 0.29) is 12.5 Å². The fourth-order valence-corrected chi connectivity index (χ4v) is 2.06. The monoisotopic (exact) mass is 251 g/mol. The largest absolute Gasteiger partial charge is 0.632 e. The molecule has 1 N–H and O–H groups in total. The quantitative estimate of drug-likeness (QED) is 0.624. The second kappa shape index (κ2) is 5.98. The molecule has 0 aromatic heterocycles. The van der Waals surface area contributed by atoms with E-state index in [1.165, 1.54) is 7.05 Å². The smallest absolute Gasteiger partial charge is 0.362 e. The molecule has 100 valence electrons. The second-order valence-corrected chi connectivity index (χ2v) is 5.30. The first kappa shape index (κ1) is 14.7. The first-order valence-electron chi connectivity index (χ1n) is 6.16. The highest BCUT2D eigenvalue weighted by molar-refractivity contribution is 5.72. The van der Waals surface area contributed by atoms with Gasteiger partial charge in [-0.1, -0.05) is 44.2 Å². The number of nitrogens with zero attached hydrogens (tertiary/aromatic N) is 1. The van der Waals surface area contributed by atoms with E-state index in [4.69, 9.17) is 0 Å². The van der Waals surface area contributed by atoms with Crippen LogP contribution in [-0.4, -0.2) is 28.8 Å². The van der Waals surface area contributed by atoms with Crippen molar-refractivity contribution in [3.8, 4) is 0 Å². The van der Waals surface area contributed by atoms with Gasteiger partial charge in [0.25, 0.3) is 0 Å². The third kappa shape index (κ3) is 4.13. The van der Waals surface area contributed by atoms with Gasteiger partial charge in [-0.05, 0) is 5.92 Å². The first-order chi connectivity index (χ1) is 8.33. The van der Waals surface area contributed by atoms with Gasteiger partial charge in [-0.3, -0.25) is 0 Å². The Hall–Kier alpha value is -1.39. The summed E-state index contributed by atoms with van der Waals surface area (Å²) in [5, 5.41) is 21.7. The third-order valence-electron chi connectivity index (χ3n) is 2.98. The summed E-state index contributed by atoms with van der Waals surface area (Å²) in [7, 11) is 1.44. The Kier molecular flexibility index (Phi) is 4.87. The lowest BCUT2D eigenvalue weighted by atomic mass is 10.0. The van der Waals surface area contributed by atoms with Gasteiger partial charge in [-0.2, -0.15) is 0 Å². The number of carboxylic acids is 1. The van der Waals surface area contributed by atoms with Crippen molar-refractivity contribution in [1.82, 2.24) is 0 Å². The van der Waals surface area contributed by atoms with Crippen LogP contribution in [0.2, 0.25) is 0 Å². The zero-order chi connectivity index (χ0) is 13.8. The lowest BCUT2D eigenvalue weighted by molar-refractivity contribution is -0.891. The zero-order valence-corrected chi connectivity index (χ0v) is 11.2. The molecule has 0 aliphatic carbocycles. The Balaban J connectivity index is 2.84. The Morgan fingerprint density at radius 2 is 1.89 bits per heavy atom. The molecule has 0 aliphatic rings. The molecule has 4 nitrogen and oxygen atoms in total. The van der Waals surface area contributed by atoms with Crippen LogP contribution in [-0.2, 0) is 11.3 Å². The highest BCUT2D eigenvalue weighted by atomic mass is 16.5.